The average Bonchev–Trinajstić information content (AvgIpc) is 2.66. The maximum atomic E-state index is 12.5. The molecule has 0 aliphatic rings. The third-order valence-electron chi connectivity index (χ3n) is 3.86. The highest BCUT2D eigenvalue weighted by Gasteiger charge is 2.18. The molecule has 2 N–H and O–H groups in total. The predicted molar refractivity (Wildman–Crippen MR) is 107 cm³/mol. The van der Waals surface area contributed by atoms with Crippen molar-refractivity contribution in [3.63, 3.8) is 0 Å². The van der Waals surface area contributed by atoms with Gasteiger partial charge in [0, 0.05) is 6.04 Å². The Morgan fingerprint density at radius 1 is 1.13 bits per heavy atom. The SMILES string of the molecule is CC(C)n1c(=O)[nH]cc(Oc2c(Cl)cc(-n3nc(C#N)c(=O)[nH]c3=O)cc2Cl)c1=O. The van der Waals surface area contributed by atoms with Gasteiger partial charge in [-0.05, 0) is 26.0 Å². The van der Waals surface area contributed by atoms with Crippen LogP contribution in [0.3, 0.4) is 0 Å². The second-order valence-corrected chi connectivity index (χ2v) is 7.01. The summed E-state index contributed by atoms with van der Waals surface area (Å²) in [5.41, 5.74) is -3.65. The molecule has 0 saturated heterocycles. The molecule has 0 aliphatic carbocycles. The van der Waals surface area contributed by atoms with E-state index >= 15 is 0 Å². The lowest BCUT2D eigenvalue weighted by Crippen LogP contribution is -2.36. The number of nitrogens with zero attached hydrogens (tertiary/aromatic N) is 4. The maximum Gasteiger partial charge on any atom is 0.349 e. The molecule has 11 nitrogen and oxygen atoms in total. The molecule has 2 aromatic heterocycles. The highest BCUT2D eigenvalue weighted by molar-refractivity contribution is 6.37. The third-order valence-corrected chi connectivity index (χ3v) is 4.43. The molecule has 2 heterocycles. The van der Waals surface area contributed by atoms with Crippen LogP contribution in [0, 0.1) is 11.3 Å². The van der Waals surface area contributed by atoms with Crippen LogP contribution in [0.1, 0.15) is 25.6 Å². The second kappa shape index (κ2) is 8.02. The topological polar surface area (TPSA) is 156 Å². The van der Waals surface area contributed by atoms with E-state index in [4.69, 9.17) is 33.2 Å². The lowest BCUT2D eigenvalue weighted by atomic mass is 10.3. The van der Waals surface area contributed by atoms with Crippen molar-refractivity contribution in [3.8, 4) is 23.3 Å². The summed E-state index contributed by atoms with van der Waals surface area (Å²) in [5.74, 6) is -0.342. The van der Waals surface area contributed by atoms with E-state index in [1.807, 2.05) is 4.98 Å². The van der Waals surface area contributed by atoms with Crippen molar-refractivity contribution < 1.29 is 4.74 Å². The van der Waals surface area contributed by atoms with Crippen molar-refractivity contribution >= 4 is 23.2 Å². The molecule has 154 valence electrons. The molecule has 3 rings (SSSR count). The van der Waals surface area contributed by atoms with Crippen molar-refractivity contribution in [1.29, 1.82) is 5.26 Å². The molecular formula is C17H12Cl2N6O5. The van der Waals surface area contributed by atoms with E-state index in [0.29, 0.717) is 0 Å². The molecule has 0 aliphatic heterocycles. The number of aromatic amines is 2. The third kappa shape index (κ3) is 3.78. The average molecular weight is 451 g/mol. The summed E-state index contributed by atoms with van der Waals surface area (Å²) in [6, 6.07) is 3.61. The van der Waals surface area contributed by atoms with E-state index in [9.17, 15) is 19.2 Å². The first kappa shape index (κ1) is 21.1. The number of H-pyrrole nitrogens is 2. The molecule has 0 atom stereocenters. The fourth-order valence-electron chi connectivity index (χ4n) is 2.54. The van der Waals surface area contributed by atoms with Gasteiger partial charge >= 0.3 is 11.4 Å². The molecule has 0 fully saturated rings. The number of ether oxygens (including phenoxy) is 1. The predicted octanol–water partition coefficient (Wildman–Crippen LogP) is 1.32. The van der Waals surface area contributed by atoms with E-state index in [0.717, 1.165) is 15.4 Å². The molecule has 30 heavy (non-hydrogen) atoms. The van der Waals surface area contributed by atoms with Gasteiger partial charge in [-0.2, -0.15) is 9.94 Å². The van der Waals surface area contributed by atoms with E-state index in [1.54, 1.807) is 19.9 Å². The zero-order valence-corrected chi connectivity index (χ0v) is 16.9. The van der Waals surface area contributed by atoms with Gasteiger partial charge in [0.1, 0.15) is 6.07 Å². The Balaban J connectivity index is 2.10. The van der Waals surface area contributed by atoms with E-state index in [2.05, 4.69) is 10.1 Å². The first-order valence-electron chi connectivity index (χ1n) is 8.29. The van der Waals surface area contributed by atoms with Gasteiger partial charge in [-0.25, -0.2) is 9.59 Å². The van der Waals surface area contributed by atoms with Crippen molar-refractivity contribution in [2.45, 2.75) is 19.9 Å². The monoisotopic (exact) mass is 450 g/mol. The van der Waals surface area contributed by atoms with Crippen molar-refractivity contribution in [2.24, 2.45) is 0 Å². The Morgan fingerprint density at radius 3 is 2.33 bits per heavy atom. The van der Waals surface area contributed by atoms with Crippen LogP contribution < -0.4 is 27.2 Å². The normalized spacial score (nSPS) is 10.8. The fraction of sp³-hybridized carbons (Fsp3) is 0.176. The number of nitriles is 1. The van der Waals surface area contributed by atoms with Gasteiger partial charge in [0.15, 0.2) is 5.75 Å². The largest absolute Gasteiger partial charge is 0.447 e. The van der Waals surface area contributed by atoms with Gasteiger partial charge in [0.25, 0.3) is 11.1 Å². The Kier molecular flexibility index (Phi) is 5.64. The van der Waals surface area contributed by atoms with Crippen LogP contribution in [0.25, 0.3) is 5.69 Å². The summed E-state index contributed by atoms with van der Waals surface area (Å²) in [4.78, 5) is 52.2. The van der Waals surface area contributed by atoms with E-state index in [-0.39, 0.29) is 27.2 Å². The molecule has 0 saturated carbocycles. The molecule has 0 amide bonds. The lowest BCUT2D eigenvalue weighted by molar-refractivity contribution is 0.446. The van der Waals surface area contributed by atoms with Crippen molar-refractivity contribution in [3.05, 3.63) is 75.7 Å². The summed E-state index contributed by atoms with van der Waals surface area (Å²) in [7, 11) is 0. The number of aromatic nitrogens is 5. The molecule has 13 heteroatoms. The first-order valence-corrected chi connectivity index (χ1v) is 9.05. The summed E-state index contributed by atoms with van der Waals surface area (Å²) in [5, 5.41) is 12.4. The van der Waals surface area contributed by atoms with Gasteiger partial charge in [0.2, 0.25) is 11.4 Å². The smallest absolute Gasteiger partial charge is 0.349 e. The number of hydrogen-bond donors (Lipinski definition) is 2. The molecule has 1 aromatic carbocycles. The maximum absolute atomic E-state index is 12.5. The minimum atomic E-state index is -0.935. The van der Waals surface area contributed by atoms with Gasteiger partial charge in [0.05, 0.1) is 21.9 Å². The van der Waals surface area contributed by atoms with Crippen LogP contribution in [0.15, 0.2) is 37.5 Å². The molecule has 0 unspecified atom stereocenters. The Morgan fingerprint density at radius 2 is 1.77 bits per heavy atom. The van der Waals surface area contributed by atoms with Crippen LogP contribution in [0.4, 0.5) is 0 Å². The van der Waals surface area contributed by atoms with Crippen LogP contribution in [0.2, 0.25) is 10.0 Å². The number of benzene rings is 1. The molecular weight excluding hydrogens is 439 g/mol. The second-order valence-electron chi connectivity index (χ2n) is 6.20. The fourth-order valence-corrected chi connectivity index (χ4v) is 3.09. The molecule has 0 spiro atoms. The number of halogens is 2. The molecule has 0 radical (unpaired) electrons. The van der Waals surface area contributed by atoms with E-state index < -0.39 is 34.2 Å². The summed E-state index contributed by atoms with van der Waals surface area (Å²) < 4.78 is 7.20. The minimum Gasteiger partial charge on any atom is -0.447 e. The summed E-state index contributed by atoms with van der Waals surface area (Å²) in [6.45, 7) is 3.30. The lowest BCUT2D eigenvalue weighted by Gasteiger charge is -2.13. The molecule has 0 bridgehead atoms. The number of hydrogen-bond acceptors (Lipinski definition) is 7. The number of nitrogens with one attached hydrogen (secondary N) is 2. The van der Waals surface area contributed by atoms with Crippen LogP contribution >= 0.6 is 23.2 Å². The van der Waals surface area contributed by atoms with E-state index in [1.165, 1.54) is 12.1 Å². The quantitative estimate of drug-likeness (QED) is 0.606. The summed E-state index contributed by atoms with van der Waals surface area (Å²) in [6.07, 6.45) is 1.08. The van der Waals surface area contributed by atoms with Gasteiger partial charge in [-0.15, -0.1) is 5.10 Å². The van der Waals surface area contributed by atoms with Gasteiger partial charge in [-0.3, -0.25) is 19.1 Å². The van der Waals surface area contributed by atoms with Gasteiger partial charge in [-0.1, -0.05) is 23.2 Å². The minimum absolute atomic E-state index is 0.0381. The Hall–Kier alpha value is -3.62. The Bertz CT molecular complexity index is 1400. The number of rotatable bonds is 4. The highest BCUT2D eigenvalue weighted by atomic mass is 35.5. The zero-order valence-electron chi connectivity index (χ0n) is 15.4. The summed E-state index contributed by atoms with van der Waals surface area (Å²) >= 11 is 12.4. The van der Waals surface area contributed by atoms with Crippen LogP contribution in [-0.2, 0) is 0 Å². The molecule has 3 aromatic rings. The van der Waals surface area contributed by atoms with Crippen molar-refractivity contribution in [2.75, 3.05) is 0 Å². The highest BCUT2D eigenvalue weighted by Crippen LogP contribution is 2.37. The van der Waals surface area contributed by atoms with Crippen molar-refractivity contribution in [1.82, 2.24) is 24.3 Å². The van der Waals surface area contributed by atoms with Gasteiger partial charge < -0.3 is 9.72 Å². The van der Waals surface area contributed by atoms with Crippen LogP contribution in [-0.4, -0.2) is 24.3 Å². The van der Waals surface area contributed by atoms with Crippen LogP contribution in [0.5, 0.6) is 11.5 Å². The standard InChI is InChI=1S/C17H12Cl2N6O5/c1-7(2)24-15(27)12(6-21-16(24)28)30-13-9(18)3-8(4-10(13)19)25-17(29)22-14(26)11(5-20)23-25/h3-4,6-7H,1-2H3,(H,21,28)(H,22,26,29). The first-order chi connectivity index (χ1) is 14.1. The Labute approximate surface area is 176 Å². The zero-order chi connectivity index (χ0) is 22.2.